The van der Waals surface area contributed by atoms with Crippen molar-refractivity contribution in [2.24, 2.45) is 4.99 Å². The first-order valence-electron chi connectivity index (χ1n) is 8.65. The molecule has 1 saturated heterocycles. The van der Waals surface area contributed by atoms with Gasteiger partial charge < -0.3 is 19.8 Å². The van der Waals surface area contributed by atoms with Crippen molar-refractivity contribution >= 4 is 16.0 Å². The van der Waals surface area contributed by atoms with Crippen molar-refractivity contribution in [1.29, 1.82) is 0 Å². The number of nitrogens with zero attached hydrogens (tertiary/aromatic N) is 1. The second-order valence-electron chi connectivity index (χ2n) is 5.91. The number of hydrogen-bond acceptors (Lipinski definition) is 5. The Morgan fingerprint density at radius 2 is 2.16 bits per heavy atom. The highest BCUT2D eigenvalue weighted by Gasteiger charge is 2.17. The van der Waals surface area contributed by atoms with Crippen LogP contribution in [0.1, 0.15) is 25.0 Å². The molecule has 0 radical (unpaired) electrons. The summed E-state index contributed by atoms with van der Waals surface area (Å²) in [5, 5.41) is 6.12. The predicted molar refractivity (Wildman–Crippen MR) is 97.2 cm³/mol. The average Bonchev–Trinajstić information content (AvgIpc) is 3.13. The molecular formula is C16H28N4O4S. The molecule has 8 nitrogen and oxygen atoms in total. The van der Waals surface area contributed by atoms with Crippen LogP contribution >= 0.6 is 0 Å². The van der Waals surface area contributed by atoms with Crippen LogP contribution in [0.2, 0.25) is 0 Å². The molecule has 1 unspecified atom stereocenters. The number of sulfonamides is 1. The fourth-order valence-corrected chi connectivity index (χ4v) is 3.50. The van der Waals surface area contributed by atoms with E-state index < -0.39 is 10.0 Å². The third-order valence-electron chi connectivity index (χ3n) is 3.94. The van der Waals surface area contributed by atoms with Gasteiger partial charge in [-0.15, -0.1) is 0 Å². The molecule has 3 N–H and O–H groups in total. The second-order valence-corrected chi connectivity index (χ2v) is 7.84. The van der Waals surface area contributed by atoms with Gasteiger partial charge in [0.15, 0.2) is 5.96 Å². The van der Waals surface area contributed by atoms with Crippen LogP contribution < -0.4 is 15.4 Å². The van der Waals surface area contributed by atoms with Gasteiger partial charge in [0.2, 0.25) is 10.0 Å². The lowest BCUT2D eigenvalue weighted by Gasteiger charge is -2.22. The predicted octanol–water partition coefficient (Wildman–Crippen LogP) is 0.476. The zero-order chi connectivity index (χ0) is 18.0. The lowest BCUT2D eigenvalue weighted by molar-refractivity contribution is 0.0200. The molecule has 25 heavy (non-hydrogen) atoms. The van der Waals surface area contributed by atoms with Gasteiger partial charge >= 0.3 is 0 Å². The van der Waals surface area contributed by atoms with Crippen LogP contribution in [0.15, 0.2) is 27.8 Å². The molecular weight excluding hydrogens is 344 g/mol. The molecule has 0 bridgehead atoms. The van der Waals surface area contributed by atoms with Gasteiger partial charge in [-0.2, -0.15) is 0 Å². The summed E-state index contributed by atoms with van der Waals surface area (Å²) in [7, 11) is -1.68. The summed E-state index contributed by atoms with van der Waals surface area (Å²) >= 11 is 0. The van der Waals surface area contributed by atoms with Crippen molar-refractivity contribution in [1.82, 2.24) is 15.4 Å². The summed E-state index contributed by atoms with van der Waals surface area (Å²) in [6, 6.07) is 3.75. The van der Waals surface area contributed by atoms with Crippen molar-refractivity contribution in [2.45, 2.75) is 31.8 Å². The molecule has 0 amide bonds. The zero-order valence-electron chi connectivity index (χ0n) is 14.7. The highest BCUT2D eigenvalue weighted by atomic mass is 32.2. The van der Waals surface area contributed by atoms with E-state index in [1.54, 1.807) is 13.3 Å². The Hall–Kier alpha value is -1.58. The second kappa shape index (κ2) is 10.4. The van der Waals surface area contributed by atoms with Gasteiger partial charge in [0.25, 0.3) is 0 Å². The van der Waals surface area contributed by atoms with Gasteiger partial charge in [0, 0.05) is 39.7 Å². The third kappa shape index (κ3) is 7.89. The van der Waals surface area contributed by atoms with Crippen molar-refractivity contribution in [3.63, 3.8) is 0 Å². The minimum atomic E-state index is -3.33. The molecule has 0 saturated carbocycles. The van der Waals surface area contributed by atoms with Crippen LogP contribution in [0.3, 0.4) is 0 Å². The van der Waals surface area contributed by atoms with Gasteiger partial charge in [-0.1, -0.05) is 0 Å². The summed E-state index contributed by atoms with van der Waals surface area (Å²) in [6.07, 6.45) is 5.42. The van der Waals surface area contributed by atoms with Crippen LogP contribution in [0.5, 0.6) is 0 Å². The van der Waals surface area contributed by atoms with Crippen molar-refractivity contribution in [3.05, 3.63) is 24.2 Å². The SMILES string of the molecule is CN=C(NCCc1ccco1)NCCS(=O)(=O)NCC1CCCCO1. The van der Waals surface area contributed by atoms with Crippen LogP contribution in [0, 0.1) is 0 Å². The zero-order valence-corrected chi connectivity index (χ0v) is 15.5. The summed E-state index contributed by atoms with van der Waals surface area (Å²) < 4.78 is 37.5. The molecule has 0 aromatic carbocycles. The fraction of sp³-hybridized carbons (Fsp3) is 0.688. The number of hydrogen-bond donors (Lipinski definition) is 3. The fourth-order valence-electron chi connectivity index (χ4n) is 2.54. The van der Waals surface area contributed by atoms with Crippen LogP contribution in [0.4, 0.5) is 0 Å². The summed E-state index contributed by atoms with van der Waals surface area (Å²) in [5.74, 6) is 1.44. The van der Waals surface area contributed by atoms with E-state index in [0.29, 0.717) is 25.7 Å². The van der Waals surface area contributed by atoms with Crippen molar-refractivity contribution < 1.29 is 17.6 Å². The molecule has 9 heteroatoms. The standard InChI is InChI=1S/C16H28N4O4S/c1-17-16(18-8-7-14-6-4-11-23-14)19-9-12-25(21,22)20-13-15-5-2-3-10-24-15/h4,6,11,15,20H,2-3,5,7-10,12-13H2,1H3,(H2,17,18,19). The summed E-state index contributed by atoms with van der Waals surface area (Å²) in [6.45, 7) is 1.99. The van der Waals surface area contributed by atoms with Crippen LogP contribution in [-0.4, -0.2) is 59.5 Å². The number of aliphatic imine (C=N–C) groups is 1. The first-order valence-corrected chi connectivity index (χ1v) is 10.3. The Kier molecular flexibility index (Phi) is 8.23. The molecule has 2 heterocycles. The molecule has 1 fully saturated rings. The van der Waals surface area contributed by atoms with Gasteiger partial charge in [-0.05, 0) is 31.4 Å². The number of guanidine groups is 1. The summed E-state index contributed by atoms with van der Waals surface area (Å²) in [4.78, 5) is 4.07. The Morgan fingerprint density at radius 1 is 1.32 bits per heavy atom. The highest BCUT2D eigenvalue weighted by Crippen LogP contribution is 2.11. The van der Waals surface area contributed by atoms with E-state index in [1.807, 2.05) is 12.1 Å². The van der Waals surface area contributed by atoms with E-state index >= 15 is 0 Å². The lowest BCUT2D eigenvalue weighted by Crippen LogP contribution is -2.43. The average molecular weight is 372 g/mol. The first kappa shape index (κ1) is 19.7. The molecule has 2 rings (SSSR count). The smallest absolute Gasteiger partial charge is 0.213 e. The summed E-state index contributed by atoms with van der Waals surface area (Å²) in [5.41, 5.74) is 0. The molecule has 1 aromatic rings. The number of rotatable bonds is 9. The Bertz CT molecular complexity index is 610. The van der Waals surface area contributed by atoms with Crippen LogP contribution in [0.25, 0.3) is 0 Å². The first-order chi connectivity index (χ1) is 12.1. The van der Waals surface area contributed by atoms with Gasteiger partial charge in [0.05, 0.1) is 18.1 Å². The Balaban J connectivity index is 1.61. The normalized spacial score (nSPS) is 18.9. The minimum Gasteiger partial charge on any atom is -0.469 e. The third-order valence-corrected chi connectivity index (χ3v) is 5.28. The maximum Gasteiger partial charge on any atom is 0.213 e. The van der Waals surface area contributed by atoms with E-state index in [4.69, 9.17) is 9.15 Å². The molecule has 0 aliphatic carbocycles. The van der Waals surface area contributed by atoms with E-state index in [1.165, 1.54) is 0 Å². The molecule has 1 atom stereocenters. The maximum atomic E-state index is 12.0. The van der Waals surface area contributed by atoms with Crippen LogP contribution in [-0.2, 0) is 21.2 Å². The van der Waals surface area contributed by atoms with E-state index in [2.05, 4.69) is 20.3 Å². The molecule has 1 aliphatic heterocycles. The quantitative estimate of drug-likeness (QED) is 0.430. The molecule has 1 aromatic heterocycles. The topological polar surface area (TPSA) is 105 Å². The largest absolute Gasteiger partial charge is 0.469 e. The highest BCUT2D eigenvalue weighted by molar-refractivity contribution is 7.89. The van der Waals surface area contributed by atoms with Crippen molar-refractivity contribution in [3.8, 4) is 0 Å². The Labute approximate surface area is 149 Å². The minimum absolute atomic E-state index is 0.00693. The van der Waals surface area contributed by atoms with Gasteiger partial charge in [-0.25, -0.2) is 13.1 Å². The maximum absolute atomic E-state index is 12.0. The van der Waals surface area contributed by atoms with E-state index in [-0.39, 0.29) is 18.4 Å². The number of ether oxygens (including phenoxy) is 1. The van der Waals surface area contributed by atoms with Gasteiger partial charge in [0.1, 0.15) is 5.76 Å². The monoisotopic (exact) mass is 372 g/mol. The lowest BCUT2D eigenvalue weighted by atomic mass is 10.1. The van der Waals surface area contributed by atoms with Gasteiger partial charge in [-0.3, -0.25) is 4.99 Å². The van der Waals surface area contributed by atoms with E-state index in [0.717, 1.165) is 31.4 Å². The Morgan fingerprint density at radius 3 is 2.84 bits per heavy atom. The molecule has 0 spiro atoms. The number of furan rings is 1. The number of nitrogens with one attached hydrogen (secondary N) is 3. The van der Waals surface area contributed by atoms with E-state index in [9.17, 15) is 8.42 Å². The molecule has 1 aliphatic rings. The van der Waals surface area contributed by atoms with Crippen molar-refractivity contribution in [2.75, 3.05) is 39.0 Å². The molecule has 142 valence electrons.